The third-order valence-electron chi connectivity index (χ3n) is 1.65. The van der Waals surface area contributed by atoms with Crippen LogP contribution < -0.4 is 4.73 Å². The van der Waals surface area contributed by atoms with Crippen LogP contribution in [0.2, 0.25) is 5.15 Å². The second-order valence-electron chi connectivity index (χ2n) is 2.39. The summed E-state index contributed by atoms with van der Waals surface area (Å²) >= 11 is 5.61. The third-order valence-corrected chi connectivity index (χ3v) is 2.01. The molecule has 0 aliphatic heterocycles. The van der Waals surface area contributed by atoms with E-state index in [1.165, 1.54) is 12.4 Å². The summed E-state index contributed by atoms with van der Waals surface area (Å²) in [5.41, 5.74) is 0.802. The summed E-state index contributed by atoms with van der Waals surface area (Å²) in [5.74, 6) is 0. The van der Waals surface area contributed by atoms with Gasteiger partial charge in [0.1, 0.15) is 11.6 Å². The molecule has 64 valence electrons. The number of hydrogen-bond donors (Lipinski definition) is 1. The van der Waals surface area contributed by atoms with Crippen molar-refractivity contribution in [3.63, 3.8) is 0 Å². The molecule has 2 aromatic heterocycles. The van der Waals surface area contributed by atoms with Gasteiger partial charge in [0.2, 0.25) is 5.15 Å². The molecule has 6 heteroatoms. The van der Waals surface area contributed by atoms with E-state index in [0.29, 0.717) is 10.2 Å². The molecule has 0 unspecified atom stereocenters. The summed E-state index contributed by atoms with van der Waals surface area (Å²) < 4.78 is 0.447. The molecule has 2 aromatic rings. The minimum absolute atomic E-state index is 0.122. The normalized spacial score (nSPS) is 10.2. The number of fused-ring (bicyclic) bond motifs is 1. The minimum atomic E-state index is -0.140. The predicted octanol–water partition coefficient (Wildman–Crippen LogP) is 0.721. The van der Waals surface area contributed by atoms with Gasteiger partial charge in [-0.25, -0.2) is 14.7 Å². The van der Waals surface area contributed by atoms with Crippen LogP contribution in [0.5, 0.6) is 0 Å². The molecule has 5 nitrogen and oxygen atoms in total. The maximum absolute atomic E-state index is 11.3. The molecule has 0 saturated carbocycles. The fourth-order valence-electron chi connectivity index (χ4n) is 1.05. The molecule has 0 bridgehead atoms. The molecule has 0 fully saturated rings. The lowest BCUT2D eigenvalue weighted by atomic mass is 10.3. The average Bonchev–Trinajstić information content (AvgIpc) is 2.59. The van der Waals surface area contributed by atoms with E-state index in [0.717, 1.165) is 0 Å². The van der Waals surface area contributed by atoms with Crippen molar-refractivity contribution >= 4 is 22.8 Å². The van der Waals surface area contributed by atoms with Gasteiger partial charge >= 0.3 is 5.65 Å². The monoisotopic (exact) mass is 194 g/mol. The van der Waals surface area contributed by atoms with Gasteiger partial charge in [0, 0.05) is 0 Å². The van der Waals surface area contributed by atoms with Crippen molar-refractivity contribution < 1.29 is 4.73 Å². The maximum atomic E-state index is 11.3. The first kappa shape index (κ1) is 7.83. The molecule has 13 heavy (non-hydrogen) atoms. The number of H-pyrrole nitrogens is 1. The van der Waals surface area contributed by atoms with E-state index < -0.39 is 0 Å². The van der Waals surface area contributed by atoms with Crippen LogP contribution in [-0.2, 0) is 0 Å². The van der Waals surface area contributed by atoms with Crippen LogP contribution in [0, 0.1) is 16.5 Å². The van der Waals surface area contributed by atoms with Gasteiger partial charge in [-0.3, -0.25) is 0 Å². The lowest BCUT2D eigenvalue weighted by Crippen LogP contribution is -2.29. The first-order valence-electron chi connectivity index (χ1n) is 3.39. The Morgan fingerprint density at radius 1 is 1.69 bits per heavy atom. The Morgan fingerprint density at radius 3 is 3.15 bits per heavy atom. The number of hydrogen-bond acceptors (Lipinski definition) is 3. The SMILES string of the molecule is N#Cc1cc2nc[nH]c2[n+]([O-])c1Cl. The number of aromatic nitrogens is 3. The second-order valence-corrected chi connectivity index (χ2v) is 2.75. The van der Waals surface area contributed by atoms with Crippen molar-refractivity contribution in [2.75, 3.05) is 0 Å². The van der Waals surface area contributed by atoms with Crippen LogP contribution in [0.3, 0.4) is 0 Å². The van der Waals surface area contributed by atoms with E-state index in [4.69, 9.17) is 16.9 Å². The van der Waals surface area contributed by atoms with Crippen molar-refractivity contribution in [2.45, 2.75) is 0 Å². The van der Waals surface area contributed by atoms with Gasteiger partial charge in [-0.15, -0.1) is 0 Å². The van der Waals surface area contributed by atoms with Crippen LogP contribution in [0.1, 0.15) is 5.56 Å². The average molecular weight is 195 g/mol. The first-order valence-corrected chi connectivity index (χ1v) is 3.77. The Balaban J connectivity index is 2.94. The Kier molecular flexibility index (Phi) is 1.57. The molecule has 0 saturated heterocycles. The van der Waals surface area contributed by atoms with Crippen LogP contribution in [0.25, 0.3) is 11.2 Å². The van der Waals surface area contributed by atoms with Crippen LogP contribution in [0.4, 0.5) is 0 Å². The second kappa shape index (κ2) is 2.61. The molecule has 0 aliphatic rings. The molecular weight excluding hydrogens is 192 g/mol. The molecule has 0 atom stereocenters. The number of imidazole rings is 1. The van der Waals surface area contributed by atoms with E-state index in [9.17, 15) is 5.21 Å². The third kappa shape index (κ3) is 0.999. The highest BCUT2D eigenvalue weighted by molar-refractivity contribution is 6.29. The van der Waals surface area contributed by atoms with E-state index in [2.05, 4.69) is 9.97 Å². The number of rotatable bonds is 0. The standard InChI is InChI=1S/C7H3ClN4O/c8-6-4(2-9)1-5-7(12(6)13)11-3-10-5/h1,3H,(H,10,11). The Bertz CT molecular complexity index is 513. The zero-order valence-corrected chi connectivity index (χ0v) is 7.04. The molecule has 2 heterocycles. The molecule has 0 spiro atoms. The van der Waals surface area contributed by atoms with Gasteiger partial charge in [0.25, 0.3) is 0 Å². The van der Waals surface area contributed by atoms with E-state index >= 15 is 0 Å². The predicted molar refractivity (Wildman–Crippen MR) is 44.8 cm³/mol. The molecule has 0 aromatic carbocycles. The highest BCUT2D eigenvalue weighted by Crippen LogP contribution is 2.14. The number of nitrogens with one attached hydrogen (secondary N) is 1. The molecule has 0 aliphatic carbocycles. The van der Waals surface area contributed by atoms with Crippen molar-refractivity contribution in [3.8, 4) is 6.07 Å². The summed E-state index contributed by atoms with van der Waals surface area (Å²) in [6, 6.07) is 3.27. The maximum Gasteiger partial charge on any atom is 0.311 e. The van der Waals surface area contributed by atoms with Crippen LogP contribution >= 0.6 is 11.6 Å². The number of aromatic amines is 1. The number of nitriles is 1. The number of nitrogens with zero attached hydrogens (tertiary/aromatic N) is 3. The smallest absolute Gasteiger partial charge is 0.311 e. The summed E-state index contributed by atoms with van der Waals surface area (Å²) in [7, 11) is 0. The van der Waals surface area contributed by atoms with Gasteiger partial charge in [-0.2, -0.15) is 5.26 Å². The first-order chi connectivity index (χ1) is 6.24. The molecule has 1 N–H and O–H groups in total. The Labute approximate surface area is 77.8 Å². The van der Waals surface area contributed by atoms with E-state index in [1.54, 1.807) is 0 Å². The van der Waals surface area contributed by atoms with Gasteiger partial charge in [-0.05, 0) is 17.7 Å². The molecular formula is C7H3ClN4O. The fraction of sp³-hybridized carbons (Fsp3) is 0. The minimum Gasteiger partial charge on any atom is -0.709 e. The topological polar surface area (TPSA) is 79.4 Å². The van der Waals surface area contributed by atoms with E-state index in [-0.39, 0.29) is 16.4 Å². The summed E-state index contributed by atoms with van der Waals surface area (Å²) in [6.45, 7) is 0. The summed E-state index contributed by atoms with van der Waals surface area (Å²) in [6.07, 6.45) is 1.37. The molecule has 0 radical (unpaired) electrons. The lowest BCUT2D eigenvalue weighted by Gasteiger charge is -2.04. The van der Waals surface area contributed by atoms with E-state index in [1.807, 2.05) is 6.07 Å². The summed E-state index contributed by atoms with van der Waals surface area (Å²) in [4.78, 5) is 6.47. The molecule has 0 amide bonds. The van der Waals surface area contributed by atoms with Gasteiger partial charge in [0.15, 0.2) is 11.8 Å². The number of pyridine rings is 1. The Morgan fingerprint density at radius 2 is 2.46 bits per heavy atom. The highest BCUT2D eigenvalue weighted by atomic mass is 35.5. The zero-order valence-electron chi connectivity index (χ0n) is 6.28. The van der Waals surface area contributed by atoms with Gasteiger partial charge in [0.05, 0.1) is 0 Å². The number of halogens is 1. The largest absolute Gasteiger partial charge is 0.709 e. The van der Waals surface area contributed by atoms with Crippen LogP contribution in [0.15, 0.2) is 12.4 Å². The van der Waals surface area contributed by atoms with Crippen LogP contribution in [-0.4, -0.2) is 9.97 Å². The van der Waals surface area contributed by atoms with Crippen molar-refractivity contribution in [1.82, 2.24) is 9.97 Å². The Hall–Kier alpha value is -1.80. The van der Waals surface area contributed by atoms with Crippen molar-refractivity contribution in [3.05, 3.63) is 28.3 Å². The lowest BCUT2D eigenvalue weighted by molar-refractivity contribution is -0.576. The van der Waals surface area contributed by atoms with Crippen molar-refractivity contribution in [2.24, 2.45) is 0 Å². The zero-order chi connectivity index (χ0) is 9.42. The molecule has 2 rings (SSSR count). The van der Waals surface area contributed by atoms with Crippen molar-refractivity contribution in [1.29, 1.82) is 5.26 Å². The quantitative estimate of drug-likeness (QED) is 0.381. The summed E-state index contributed by atoms with van der Waals surface area (Å²) in [5, 5.41) is 19.8. The highest BCUT2D eigenvalue weighted by Gasteiger charge is 2.13. The van der Waals surface area contributed by atoms with Gasteiger partial charge in [-0.1, -0.05) is 0 Å². The van der Waals surface area contributed by atoms with Gasteiger partial charge < -0.3 is 5.21 Å². The fourth-order valence-corrected chi connectivity index (χ4v) is 1.23.